The summed E-state index contributed by atoms with van der Waals surface area (Å²) in [6, 6.07) is 21.0. The summed E-state index contributed by atoms with van der Waals surface area (Å²) >= 11 is 0. The molecule has 1 heterocycles. The number of anilines is 1. The quantitative estimate of drug-likeness (QED) is 0.406. The Bertz CT molecular complexity index is 1100. The highest BCUT2D eigenvalue weighted by atomic mass is 16.5. The minimum atomic E-state index is 0.182. The first-order valence-electron chi connectivity index (χ1n) is 9.72. The largest absolute Gasteiger partial charge is 0.507 e. The first-order valence-corrected chi connectivity index (χ1v) is 9.72. The second kappa shape index (κ2) is 8.63. The summed E-state index contributed by atoms with van der Waals surface area (Å²) < 4.78 is 6.19. The normalized spacial score (nSPS) is 13.0. The molecule has 0 spiro atoms. The lowest BCUT2D eigenvalue weighted by Crippen LogP contribution is -2.29. The highest BCUT2D eigenvalue weighted by Crippen LogP contribution is 2.34. The van der Waals surface area contributed by atoms with Crippen molar-refractivity contribution in [2.75, 3.05) is 12.3 Å². The number of nitrogen functional groups attached to an aromatic ring is 1. The molecule has 0 atom stereocenters. The zero-order valence-electron chi connectivity index (χ0n) is 16.4. The van der Waals surface area contributed by atoms with Crippen LogP contribution >= 0.6 is 0 Å². The third kappa shape index (κ3) is 4.24. The average Bonchev–Trinajstić information content (AvgIpc) is 2.75. The number of phenolic OH excluding ortho intramolecular Hbond substituents is 1. The van der Waals surface area contributed by atoms with E-state index in [2.05, 4.69) is 35.1 Å². The third-order valence-electron chi connectivity index (χ3n) is 4.83. The van der Waals surface area contributed by atoms with Crippen LogP contribution in [0.1, 0.15) is 11.1 Å². The van der Waals surface area contributed by atoms with Gasteiger partial charge < -0.3 is 32.2 Å². The molecule has 0 unspecified atom stereocenters. The van der Waals surface area contributed by atoms with Gasteiger partial charge in [-0.15, -0.1) is 0 Å². The van der Waals surface area contributed by atoms with Crippen molar-refractivity contribution in [2.45, 2.75) is 6.42 Å². The van der Waals surface area contributed by atoms with E-state index in [0.717, 1.165) is 17.5 Å². The van der Waals surface area contributed by atoms with Crippen molar-refractivity contribution in [2.24, 2.45) is 5.73 Å². The number of benzene rings is 3. The molecule has 6 nitrogen and oxygen atoms in total. The van der Waals surface area contributed by atoms with E-state index in [9.17, 15) is 5.11 Å². The van der Waals surface area contributed by atoms with Crippen molar-refractivity contribution in [3.05, 3.63) is 95.9 Å². The van der Waals surface area contributed by atoms with E-state index < -0.39 is 0 Å². The number of hydrazine groups is 1. The molecule has 4 rings (SSSR count). The van der Waals surface area contributed by atoms with Gasteiger partial charge in [0.1, 0.15) is 17.3 Å². The molecule has 3 aromatic carbocycles. The van der Waals surface area contributed by atoms with Gasteiger partial charge in [-0.3, -0.25) is 0 Å². The monoisotopic (exact) mass is 400 g/mol. The van der Waals surface area contributed by atoms with Gasteiger partial charge in [0.2, 0.25) is 0 Å². The summed E-state index contributed by atoms with van der Waals surface area (Å²) in [4.78, 5) is 0. The van der Waals surface area contributed by atoms with Gasteiger partial charge in [0.05, 0.1) is 11.9 Å². The molecule has 6 heteroatoms. The molecule has 0 bridgehead atoms. The number of hydrogen-bond donors (Lipinski definition) is 5. The van der Waals surface area contributed by atoms with Crippen molar-refractivity contribution >= 4 is 11.4 Å². The Balaban J connectivity index is 1.64. The fourth-order valence-corrected chi connectivity index (χ4v) is 3.32. The van der Waals surface area contributed by atoms with E-state index >= 15 is 0 Å². The van der Waals surface area contributed by atoms with Crippen LogP contribution in [0, 0.1) is 0 Å². The zero-order valence-corrected chi connectivity index (χ0v) is 16.4. The number of ether oxygens (including phenoxy) is 1. The lowest BCUT2D eigenvalue weighted by atomic mass is 10.0. The molecule has 0 saturated carbocycles. The van der Waals surface area contributed by atoms with E-state index in [4.69, 9.17) is 16.2 Å². The summed E-state index contributed by atoms with van der Waals surface area (Å²) in [5.41, 5.74) is 22.8. The number of nitrogens with two attached hydrogens (primary N) is 2. The molecular weight excluding hydrogens is 376 g/mol. The summed E-state index contributed by atoms with van der Waals surface area (Å²) in [5, 5.41) is 10.1. The van der Waals surface area contributed by atoms with Gasteiger partial charge in [0.15, 0.2) is 0 Å². The molecule has 0 radical (unpaired) electrons. The standard InChI is InChI=1S/C24H24N4O2/c25-12-11-16-5-7-17(8-6-16)20-10-9-18(26)13-24(20)30-19-14-22(28-27-15-19)21-3-1-2-4-23(21)29/h1-10,13-15,27-29H,11-12,25-26H2. The summed E-state index contributed by atoms with van der Waals surface area (Å²) in [6.45, 7) is 0.621. The molecule has 1 aliphatic heterocycles. The number of para-hydroxylation sites is 1. The maximum atomic E-state index is 10.1. The van der Waals surface area contributed by atoms with Gasteiger partial charge in [0, 0.05) is 29.0 Å². The fourth-order valence-electron chi connectivity index (χ4n) is 3.32. The van der Waals surface area contributed by atoms with Crippen molar-refractivity contribution in [1.29, 1.82) is 0 Å². The molecule has 3 aromatic rings. The van der Waals surface area contributed by atoms with Crippen LogP contribution in [0.25, 0.3) is 16.8 Å². The van der Waals surface area contributed by atoms with Gasteiger partial charge >= 0.3 is 0 Å². The number of aromatic hydroxyl groups is 1. The van der Waals surface area contributed by atoms with E-state index in [0.29, 0.717) is 35.0 Å². The number of hydrogen-bond acceptors (Lipinski definition) is 6. The summed E-state index contributed by atoms with van der Waals surface area (Å²) in [7, 11) is 0. The highest BCUT2D eigenvalue weighted by Gasteiger charge is 2.14. The van der Waals surface area contributed by atoms with E-state index in [-0.39, 0.29) is 5.75 Å². The van der Waals surface area contributed by atoms with Crippen LogP contribution in [0.4, 0.5) is 5.69 Å². The molecule has 7 N–H and O–H groups in total. The zero-order chi connectivity index (χ0) is 20.9. The van der Waals surface area contributed by atoms with Crippen LogP contribution in [0.3, 0.4) is 0 Å². The molecule has 0 fully saturated rings. The van der Waals surface area contributed by atoms with Gasteiger partial charge in [-0.1, -0.05) is 36.4 Å². The Morgan fingerprint density at radius 2 is 1.73 bits per heavy atom. The highest BCUT2D eigenvalue weighted by molar-refractivity contribution is 5.75. The van der Waals surface area contributed by atoms with Gasteiger partial charge in [-0.2, -0.15) is 0 Å². The van der Waals surface area contributed by atoms with Gasteiger partial charge in [-0.05, 0) is 48.4 Å². The average molecular weight is 400 g/mol. The van der Waals surface area contributed by atoms with Crippen LogP contribution in [-0.4, -0.2) is 11.7 Å². The van der Waals surface area contributed by atoms with E-state index in [1.807, 2.05) is 30.3 Å². The smallest absolute Gasteiger partial charge is 0.147 e. The number of phenols is 1. The summed E-state index contributed by atoms with van der Waals surface area (Å²) in [6.07, 6.45) is 4.38. The van der Waals surface area contributed by atoms with Crippen LogP contribution in [0.2, 0.25) is 0 Å². The second-order valence-electron chi connectivity index (χ2n) is 6.98. The number of nitrogens with one attached hydrogen (secondary N) is 2. The minimum absolute atomic E-state index is 0.182. The van der Waals surface area contributed by atoms with Crippen LogP contribution in [0.5, 0.6) is 11.5 Å². The minimum Gasteiger partial charge on any atom is -0.507 e. The topological polar surface area (TPSA) is 106 Å². The first kappa shape index (κ1) is 19.4. The van der Waals surface area contributed by atoms with Crippen molar-refractivity contribution in [3.63, 3.8) is 0 Å². The Morgan fingerprint density at radius 1 is 0.933 bits per heavy atom. The fraction of sp³-hybridized carbons (Fsp3) is 0.0833. The molecule has 152 valence electrons. The molecule has 0 aromatic heterocycles. The molecule has 0 aliphatic carbocycles. The lowest BCUT2D eigenvalue weighted by Gasteiger charge is -2.20. The molecular formula is C24H24N4O2. The van der Waals surface area contributed by atoms with Crippen LogP contribution in [0.15, 0.2) is 84.8 Å². The predicted octanol–water partition coefficient (Wildman–Crippen LogP) is 3.51. The summed E-state index contributed by atoms with van der Waals surface area (Å²) in [5.74, 6) is 1.41. The van der Waals surface area contributed by atoms with Gasteiger partial charge in [-0.25, -0.2) is 0 Å². The van der Waals surface area contributed by atoms with Crippen molar-refractivity contribution < 1.29 is 9.84 Å². The SMILES string of the molecule is NCCc1ccc(-c2ccc(N)cc2OC2=CNNC(c3ccccc3O)=C2)cc1. The second-order valence-corrected chi connectivity index (χ2v) is 6.98. The third-order valence-corrected chi connectivity index (χ3v) is 4.83. The predicted molar refractivity (Wildman–Crippen MR) is 120 cm³/mol. The van der Waals surface area contributed by atoms with Crippen molar-refractivity contribution in [1.82, 2.24) is 10.9 Å². The maximum Gasteiger partial charge on any atom is 0.147 e. The lowest BCUT2D eigenvalue weighted by molar-refractivity contribution is 0.435. The Kier molecular flexibility index (Phi) is 5.59. The Hall–Kier alpha value is -3.90. The van der Waals surface area contributed by atoms with Crippen molar-refractivity contribution in [3.8, 4) is 22.6 Å². The number of rotatable bonds is 6. The van der Waals surface area contributed by atoms with E-state index in [1.54, 1.807) is 24.4 Å². The molecule has 0 amide bonds. The first-order chi connectivity index (χ1) is 14.6. The van der Waals surface area contributed by atoms with Gasteiger partial charge in [0.25, 0.3) is 0 Å². The molecule has 30 heavy (non-hydrogen) atoms. The Morgan fingerprint density at radius 3 is 2.50 bits per heavy atom. The van der Waals surface area contributed by atoms with Crippen LogP contribution in [-0.2, 0) is 6.42 Å². The Labute approximate surface area is 175 Å². The van der Waals surface area contributed by atoms with E-state index in [1.165, 1.54) is 5.56 Å². The molecule has 1 aliphatic rings. The van der Waals surface area contributed by atoms with Crippen LogP contribution < -0.4 is 27.1 Å². The molecule has 0 saturated heterocycles. The number of allylic oxidation sites excluding steroid dienone is 1. The maximum absolute atomic E-state index is 10.1.